The summed E-state index contributed by atoms with van der Waals surface area (Å²) in [6.07, 6.45) is 3.07. The van der Waals surface area contributed by atoms with Gasteiger partial charge in [-0.3, -0.25) is 9.59 Å². The summed E-state index contributed by atoms with van der Waals surface area (Å²) in [5, 5.41) is 14.9. The Labute approximate surface area is 185 Å². The topological polar surface area (TPSA) is 135 Å². The van der Waals surface area contributed by atoms with E-state index in [1.807, 2.05) is 13.0 Å². The highest BCUT2D eigenvalue weighted by atomic mass is 16.5. The number of carboxylic acids is 1. The number of hydrogen-bond acceptors (Lipinski definition) is 6. The molecule has 0 spiro atoms. The van der Waals surface area contributed by atoms with E-state index in [9.17, 15) is 24.3 Å². The highest BCUT2D eigenvalue weighted by molar-refractivity contribution is 5.89. The number of aryl methyl sites for hydroxylation is 2. The van der Waals surface area contributed by atoms with Gasteiger partial charge in [-0.25, -0.2) is 9.59 Å². The number of carbonyl (C=O) groups is 3. The molecule has 172 valence electrons. The van der Waals surface area contributed by atoms with Gasteiger partial charge in [-0.05, 0) is 49.8 Å². The van der Waals surface area contributed by atoms with Gasteiger partial charge >= 0.3 is 11.6 Å². The first kappa shape index (κ1) is 23.3. The second kappa shape index (κ2) is 9.84. The SMILES string of the molecule is CCC(C)C(NC(=O)CNC(=O)COc1ccc2c3c(c(=O)oc2c1C)CCC3)C(=O)O. The predicted molar refractivity (Wildman–Crippen MR) is 117 cm³/mol. The van der Waals surface area contributed by atoms with Crippen molar-refractivity contribution >= 4 is 28.8 Å². The zero-order valence-electron chi connectivity index (χ0n) is 18.4. The molecule has 0 bridgehead atoms. The first-order chi connectivity index (χ1) is 15.2. The number of fused-ring (bicyclic) bond motifs is 3. The minimum Gasteiger partial charge on any atom is -0.483 e. The summed E-state index contributed by atoms with van der Waals surface area (Å²) in [7, 11) is 0. The Morgan fingerprint density at radius 3 is 2.59 bits per heavy atom. The molecule has 1 heterocycles. The lowest BCUT2D eigenvalue weighted by atomic mass is 9.99. The molecule has 1 aliphatic carbocycles. The molecular formula is C23H28N2O7. The Hall–Kier alpha value is -3.36. The Bertz CT molecular complexity index is 1110. The molecule has 1 aromatic carbocycles. The van der Waals surface area contributed by atoms with Crippen molar-refractivity contribution in [1.29, 1.82) is 0 Å². The van der Waals surface area contributed by atoms with Crippen molar-refractivity contribution in [1.82, 2.24) is 10.6 Å². The fraction of sp³-hybridized carbons (Fsp3) is 0.478. The van der Waals surface area contributed by atoms with Gasteiger partial charge < -0.3 is 24.9 Å². The molecule has 0 aliphatic heterocycles. The average Bonchev–Trinajstić information content (AvgIpc) is 3.26. The number of rotatable bonds is 9. The summed E-state index contributed by atoms with van der Waals surface area (Å²) in [5.41, 5.74) is 2.51. The fourth-order valence-corrected chi connectivity index (χ4v) is 3.90. The fourth-order valence-electron chi connectivity index (χ4n) is 3.90. The molecular weight excluding hydrogens is 416 g/mol. The zero-order valence-corrected chi connectivity index (χ0v) is 18.4. The molecule has 0 saturated carbocycles. The van der Waals surface area contributed by atoms with Crippen molar-refractivity contribution in [2.75, 3.05) is 13.2 Å². The molecule has 2 amide bonds. The van der Waals surface area contributed by atoms with Crippen LogP contribution in [0.2, 0.25) is 0 Å². The maximum Gasteiger partial charge on any atom is 0.339 e. The standard InChI is InChI=1S/C23H28N2O7/c1-4-12(2)20(22(28)29)25-18(26)10-24-19(27)11-31-17-9-8-15-14-6-5-7-16(14)23(30)32-21(15)13(17)3/h8-9,12,20H,4-7,10-11H2,1-3H3,(H,24,27)(H,25,26)(H,28,29). The molecule has 2 atom stereocenters. The van der Waals surface area contributed by atoms with Crippen LogP contribution in [0.25, 0.3) is 11.0 Å². The van der Waals surface area contributed by atoms with E-state index in [0.717, 1.165) is 35.8 Å². The molecule has 1 aliphatic rings. The van der Waals surface area contributed by atoms with Crippen LogP contribution in [0, 0.1) is 12.8 Å². The molecule has 9 nitrogen and oxygen atoms in total. The number of nitrogens with one attached hydrogen (secondary N) is 2. The van der Waals surface area contributed by atoms with Gasteiger partial charge in [0.25, 0.3) is 5.91 Å². The van der Waals surface area contributed by atoms with Crippen LogP contribution in [0.1, 0.15) is 43.4 Å². The van der Waals surface area contributed by atoms with Crippen molar-refractivity contribution in [3.05, 3.63) is 39.2 Å². The molecule has 0 radical (unpaired) electrons. The summed E-state index contributed by atoms with van der Waals surface area (Å²) in [5.74, 6) is -2.09. The minimum absolute atomic E-state index is 0.243. The summed E-state index contributed by atoms with van der Waals surface area (Å²) in [4.78, 5) is 47.6. The van der Waals surface area contributed by atoms with Gasteiger partial charge in [-0.1, -0.05) is 20.3 Å². The molecule has 2 aromatic rings. The smallest absolute Gasteiger partial charge is 0.339 e. The van der Waals surface area contributed by atoms with E-state index >= 15 is 0 Å². The van der Waals surface area contributed by atoms with E-state index in [0.29, 0.717) is 23.3 Å². The molecule has 32 heavy (non-hydrogen) atoms. The monoisotopic (exact) mass is 444 g/mol. The minimum atomic E-state index is -1.12. The number of carbonyl (C=O) groups excluding carboxylic acids is 2. The van der Waals surface area contributed by atoms with Gasteiger partial charge in [0.05, 0.1) is 6.54 Å². The highest BCUT2D eigenvalue weighted by Crippen LogP contribution is 2.32. The highest BCUT2D eigenvalue weighted by Gasteiger charge is 2.25. The number of hydrogen-bond donors (Lipinski definition) is 3. The van der Waals surface area contributed by atoms with Crippen molar-refractivity contribution < 1.29 is 28.6 Å². The summed E-state index contributed by atoms with van der Waals surface area (Å²) < 4.78 is 11.1. The second-order valence-electron chi connectivity index (χ2n) is 8.10. The van der Waals surface area contributed by atoms with E-state index < -0.39 is 23.8 Å². The second-order valence-corrected chi connectivity index (χ2v) is 8.10. The number of carboxylic acid groups (broad SMARTS) is 1. The first-order valence-electron chi connectivity index (χ1n) is 10.7. The summed E-state index contributed by atoms with van der Waals surface area (Å²) >= 11 is 0. The molecule has 1 aromatic heterocycles. The first-order valence-corrected chi connectivity index (χ1v) is 10.7. The Balaban J connectivity index is 1.59. The Morgan fingerprint density at radius 2 is 1.91 bits per heavy atom. The van der Waals surface area contributed by atoms with Crippen molar-refractivity contribution in [3.8, 4) is 5.75 Å². The van der Waals surface area contributed by atoms with E-state index in [4.69, 9.17) is 9.15 Å². The largest absolute Gasteiger partial charge is 0.483 e. The number of benzene rings is 1. The maximum atomic E-state index is 12.2. The van der Waals surface area contributed by atoms with E-state index in [2.05, 4.69) is 10.6 Å². The van der Waals surface area contributed by atoms with Crippen LogP contribution >= 0.6 is 0 Å². The lowest BCUT2D eigenvalue weighted by molar-refractivity contribution is -0.143. The quantitative estimate of drug-likeness (QED) is 0.501. The van der Waals surface area contributed by atoms with Gasteiger partial charge in [0, 0.05) is 16.5 Å². The number of ether oxygens (including phenoxy) is 1. The van der Waals surface area contributed by atoms with Gasteiger partial charge in [0.15, 0.2) is 6.61 Å². The summed E-state index contributed by atoms with van der Waals surface area (Å²) in [6, 6.07) is 2.55. The normalized spacial score (nSPS) is 14.5. The Kier molecular flexibility index (Phi) is 7.17. The van der Waals surface area contributed by atoms with E-state index in [-0.39, 0.29) is 24.7 Å². The van der Waals surface area contributed by atoms with Crippen LogP contribution in [-0.2, 0) is 27.2 Å². The molecule has 2 unspecified atom stereocenters. The molecule has 9 heteroatoms. The number of amides is 2. The van der Waals surface area contributed by atoms with Crippen molar-refractivity contribution in [3.63, 3.8) is 0 Å². The van der Waals surface area contributed by atoms with Gasteiger partial charge in [0.1, 0.15) is 17.4 Å². The molecule has 0 fully saturated rings. The molecule has 3 rings (SSSR count). The molecule has 0 saturated heterocycles. The van der Waals surface area contributed by atoms with E-state index in [1.165, 1.54) is 0 Å². The predicted octanol–water partition coefficient (Wildman–Crippen LogP) is 1.70. The average molecular weight is 444 g/mol. The third-order valence-electron chi connectivity index (χ3n) is 5.94. The Morgan fingerprint density at radius 1 is 1.19 bits per heavy atom. The van der Waals surface area contributed by atoms with Gasteiger partial charge in [0.2, 0.25) is 5.91 Å². The van der Waals surface area contributed by atoms with Gasteiger partial charge in [-0.15, -0.1) is 0 Å². The molecule has 3 N–H and O–H groups in total. The maximum absolute atomic E-state index is 12.2. The summed E-state index contributed by atoms with van der Waals surface area (Å²) in [6.45, 7) is 4.61. The van der Waals surface area contributed by atoms with Crippen LogP contribution in [0.5, 0.6) is 5.75 Å². The van der Waals surface area contributed by atoms with Crippen LogP contribution < -0.4 is 21.0 Å². The third kappa shape index (κ3) is 4.92. The van der Waals surface area contributed by atoms with Crippen LogP contribution in [0.4, 0.5) is 0 Å². The lowest BCUT2D eigenvalue weighted by Gasteiger charge is -2.20. The third-order valence-corrected chi connectivity index (χ3v) is 5.94. The zero-order chi connectivity index (χ0) is 23.4. The van der Waals surface area contributed by atoms with Crippen molar-refractivity contribution in [2.24, 2.45) is 5.92 Å². The van der Waals surface area contributed by atoms with Crippen LogP contribution in [-0.4, -0.2) is 42.1 Å². The van der Waals surface area contributed by atoms with Crippen LogP contribution in [0.3, 0.4) is 0 Å². The van der Waals surface area contributed by atoms with Crippen molar-refractivity contribution in [2.45, 2.75) is 52.5 Å². The van der Waals surface area contributed by atoms with E-state index in [1.54, 1.807) is 19.9 Å². The lowest BCUT2D eigenvalue weighted by Crippen LogP contribution is -2.48. The van der Waals surface area contributed by atoms with Gasteiger partial charge in [-0.2, -0.15) is 0 Å². The number of aliphatic carboxylic acids is 1. The van der Waals surface area contributed by atoms with Crippen LogP contribution in [0.15, 0.2) is 21.3 Å².